The molecule has 0 saturated heterocycles. The second kappa shape index (κ2) is 8.59. The number of halogens is 3. The molecule has 3 rings (SSSR count). The molecule has 3 aromatic rings. The highest BCUT2D eigenvalue weighted by Gasteiger charge is 2.37. The lowest BCUT2D eigenvalue weighted by Gasteiger charge is -2.22. The molecule has 0 radical (unpaired) electrons. The number of hydrogen-bond acceptors (Lipinski definition) is 4. The van der Waals surface area contributed by atoms with Crippen LogP contribution < -0.4 is 15.4 Å². The summed E-state index contributed by atoms with van der Waals surface area (Å²) >= 11 is 0. The standard InChI is InChI=1S/C20H17F3N4O2/c1-29-15-8-6-13(7-9-15)17(18-16(20(21,22)23)5-3-11-25-18)27-19(28)26-14-4-2-10-24-12-14/h2-12,17H,1H3,(H2,26,27,28). The fraction of sp³-hybridized carbons (Fsp3) is 0.150. The molecule has 1 atom stereocenters. The largest absolute Gasteiger partial charge is 0.497 e. The van der Waals surface area contributed by atoms with Crippen molar-refractivity contribution in [1.29, 1.82) is 0 Å². The van der Waals surface area contributed by atoms with Crippen LogP contribution in [0.4, 0.5) is 23.7 Å². The minimum atomic E-state index is -4.63. The van der Waals surface area contributed by atoms with E-state index >= 15 is 0 Å². The monoisotopic (exact) mass is 402 g/mol. The maximum absolute atomic E-state index is 13.5. The minimum absolute atomic E-state index is 0.313. The summed E-state index contributed by atoms with van der Waals surface area (Å²) in [6.45, 7) is 0. The Labute approximate surface area is 164 Å². The van der Waals surface area contributed by atoms with Gasteiger partial charge in [-0.05, 0) is 42.0 Å². The third kappa shape index (κ3) is 5.01. The van der Waals surface area contributed by atoms with Crippen LogP contribution in [0, 0.1) is 0 Å². The van der Waals surface area contributed by atoms with Gasteiger partial charge in [-0.2, -0.15) is 13.2 Å². The van der Waals surface area contributed by atoms with Gasteiger partial charge in [0.05, 0.1) is 36.3 Å². The second-order valence-electron chi connectivity index (χ2n) is 5.98. The molecule has 9 heteroatoms. The number of aromatic nitrogens is 2. The third-order valence-corrected chi connectivity index (χ3v) is 4.06. The van der Waals surface area contributed by atoms with E-state index < -0.39 is 23.8 Å². The van der Waals surface area contributed by atoms with Crippen molar-refractivity contribution in [2.75, 3.05) is 12.4 Å². The Balaban J connectivity index is 1.97. The van der Waals surface area contributed by atoms with Crippen molar-refractivity contribution < 1.29 is 22.7 Å². The lowest BCUT2D eigenvalue weighted by atomic mass is 9.99. The Bertz CT molecular complexity index is 963. The van der Waals surface area contributed by atoms with Crippen LogP contribution in [-0.2, 0) is 6.18 Å². The van der Waals surface area contributed by atoms with Crippen molar-refractivity contribution in [2.45, 2.75) is 12.2 Å². The highest BCUT2D eigenvalue weighted by atomic mass is 19.4. The molecule has 0 aliphatic carbocycles. The van der Waals surface area contributed by atoms with Gasteiger partial charge >= 0.3 is 12.2 Å². The molecule has 2 heterocycles. The molecule has 1 aromatic carbocycles. The van der Waals surface area contributed by atoms with Crippen LogP contribution in [0.3, 0.4) is 0 Å². The smallest absolute Gasteiger partial charge is 0.418 e. The van der Waals surface area contributed by atoms with Gasteiger partial charge in [0.1, 0.15) is 5.75 Å². The third-order valence-electron chi connectivity index (χ3n) is 4.06. The van der Waals surface area contributed by atoms with Crippen LogP contribution in [0.25, 0.3) is 0 Å². The first-order valence-electron chi connectivity index (χ1n) is 8.52. The molecule has 0 aliphatic rings. The SMILES string of the molecule is COc1ccc(C(NC(=O)Nc2cccnc2)c2ncccc2C(F)(F)F)cc1. The number of hydrogen-bond donors (Lipinski definition) is 2. The first kappa shape index (κ1) is 20.1. The number of amides is 2. The summed E-state index contributed by atoms with van der Waals surface area (Å²) in [6, 6.07) is 9.86. The van der Waals surface area contributed by atoms with Crippen molar-refractivity contribution in [2.24, 2.45) is 0 Å². The molecule has 6 nitrogen and oxygen atoms in total. The quantitative estimate of drug-likeness (QED) is 0.663. The van der Waals surface area contributed by atoms with E-state index in [9.17, 15) is 18.0 Å². The van der Waals surface area contributed by atoms with E-state index in [0.29, 0.717) is 17.0 Å². The molecule has 2 amide bonds. The highest BCUT2D eigenvalue weighted by Crippen LogP contribution is 2.35. The molecule has 0 aliphatic heterocycles. The van der Waals surface area contributed by atoms with E-state index in [1.165, 1.54) is 31.8 Å². The number of methoxy groups -OCH3 is 1. The zero-order valence-electron chi connectivity index (χ0n) is 15.3. The van der Waals surface area contributed by atoms with Gasteiger partial charge in [0.25, 0.3) is 0 Å². The first-order valence-corrected chi connectivity index (χ1v) is 8.52. The van der Waals surface area contributed by atoms with E-state index in [2.05, 4.69) is 20.6 Å². The summed E-state index contributed by atoms with van der Waals surface area (Å²) in [4.78, 5) is 20.3. The number of anilines is 1. The molecule has 0 fully saturated rings. The maximum Gasteiger partial charge on any atom is 0.418 e. The van der Waals surface area contributed by atoms with Crippen LogP contribution >= 0.6 is 0 Å². The summed E-state index contributed by atoms with van der Waals surface area (Å²) in [5, 5.41) is 5.11. The Morgan fingerprint density at radius 3 is 2.41 bits per heavy atom. The van der Waals surface area contributed by atoms with E-state index in [0.717, 1.165) is 6.07 Å². The number of ether oxygens (including phenoxy) is 1. The van der Waals surface area contributed by atoms with E-state index in [4.69, 9.17) is 4.74 Å². The zero-order chi connectivity index (χ0) is 20.9. The maximum atomic E-state index is 13.5. The first-order chi connectivity index (χ1) is 13.9. The molecule has 2 N–H and O–H groups in total. The molecule has 0 bridgehead atoms. The Kier molecular flexibility index (Phi) is 5.96. The topological polar surface area (TPSA) is 76.1 Å². The number of alkyl halides is 3. The van der Waals surface area contributed by atoms with Crippen molar-refractivity contribution in [3.05, 3.63) is 83.9 Å². The second-order valence-corrected chi connectivity index (χ2v) is 5.98. The number of benzene rings is 1. The lowest BCUT2D eigenvalue weighted by Crippen LogP contribution is -2.34. The molecular formula is C20H17F3N4O2. The molecule has 0 spiro atoms. The van der Waals surface area contributed by atoms with Gasteiger partial charge < -0.3 is 15.4 Å². The Morgan fingerprint density at radius 2 is 1.79 bits per heavy atom. The van der Waals surface area contributed by atoms with Crippen molar-refractivity contribution in [1.82, 2.24) is 15.3 Å². The molecule has 0 saturated carbocycles. The number of urea groups is 1. The normalized spacial score (nSPS) is 12.1. The van der Waals surface area contributed by atoms with Gasteiger partial charge in [0.15, 0.2) is 0 Å². The lowest BCUT2D eigenvalue weighted by molar-refractivity contribution is -0.138. The fourth-order valence-electron chi connectivity index (χ4n) is 2.73. The van der Waals surface area contributed by atoms with Crippen LogP contribution in [0.2, 0.25) is 0 Å². The number of nitrogens with one attached hydrogen (secondary N) is 2. The van der Waals surface area contributed by atoms with Gasteiger partial charge in [-0.3, -0.25) is 9.97 Å². The predicted molar refractivity (Wildman–Crippen MR) is 100 cm³/mol. The number of pyridine rings is 2. The van der Waals surface area contributed by atoms with Crippen LogP contribution in [0.1, 0.15) is 22.9 Å². The summed E-state index contributed by atoms with van der Waals surface area (Å²) in [5.74, 6) is 0.532. The van der Waals surface area contributed by atoms with Gasteiger partial charge in [0.2, 0.25) is 0 Å². The average molecular weight is 402 g/mol. The number of rotatable bonds is 5. The van der Waals surface area contributed by atoms with Crippen LogP contribution in [0.5, 0.6) is 5.75 Å². The van der Waals surface area contributed by atoms with Gasteiger partial charge in [-0.15, -0.1) is 0 Å². The highest BCUT2D eigenvalue weighted by molar-refractivity contribution is 5.89. The van der Waals surface area contributed by atoms with Gasteiger partial charge in [-0.1, -0.05) is 12.1 Å². The molecule has 2 aromatic heterocycles. The van der Waals surface area contributed by atoms with Crippen molar-refractivity contribution in [3.8, 4) is 5.75 Å². The van der Waals surface area contributed by atoms with E-state index in [-0.39, 0.29) is 5.69 Å². The predicted octanol–water partition coefficient (Wildman–Crippen LogP) is 4.42. The van der Waals surface area contributed by atoms with Gasteiger partial charge in [-0.25, -0.2) is 4.79 Å². The number of nitrogens with zero attached hydrogens (tertiary/aromatic N) is 2. The van der Waals surface area contributed by atoms with Crippen molar-refractivity contribution >= 4 is 11.7 Å². The van der Waals surface area contributed by atoms with E-state index in [1.54, 1.807) is 36.4 Å². The van der Waals surface area contributed by atoms with E-state index in [1.807, 2.05) is 0 Å². The summed E-state index contributed by atoms with van der Waals surface area (Å²) < 4.78 is 45.7. The fourth-order valence-corrected chi connectivity index (χ4v) is 2.73. The molecular weight excluding hydrogens is 385 g/mol. The van der Waals surface area contributed by atoms with Crippen LogP contribution in [0.15, 0.2) is 67.1 Å². The summed E-state index contributed by atoms with van der Waals surface area (Å²) in [7, 11) is 1.48. The van der Waals surface area contributed by atoms with Gasteiger partial charge in [0, 0.05) is 12.4 Å². The molecule has 29 heavy (non-hydrogen) atoms. The Hall–Kier alpha value is -3.62. The van der Waals surface area contributed by atoms with Crippen molar-refractivity contribution in [3.63, 3.8) is 0 Å². The Morgan fingerprint density at radius 1 is 1.07 bits per heavy atom. The van der Waals surface area contributed by atoms with Crippen LogP contribution in [-0.4, -0.2) is 23.1 Å². The minimum Gasteiger partial charge on any atom is -0.497 e. The molecule has 150 valence electrons. The summed E-state index contributed by atoms with van der Waals surface area (Å²) in [6.07, 6.45) is -0.422. The zero-order valence-corrected chi connectivity index (χ0v) is 15.3. The average Bonchev–Trinajstić information content (AvgIpc) is 2.72. The number of carbonyl (C=O) groups excluding carboxylic acids is 1. The molecule has 1 unspecified atom stereocenters. The number of carbonyl (C=O) groups is 1. The summed E-state index contributed by atoms with van der Waals surface area (Å²) in [5.41, 5.74) is -0.430.